The van der Waals surface area contributed by atoms with Gasteiger partial charge in [0.1, 0.15) is 0 Å². The van der Waals surface area contributed by atoms with E-state index in [0.29, 0.717) is 5.56 Å². The van der Waals surface area contributed by atoms with Gasteiger partial charge < -0.3 is 9.94 Å². The first kappa shape index (κ1) is 11.1. The Labute approximate surface area is 98.1 Å². The number of methoxy groups -OCH3 is 1. The zero-order valence-electron chi connectivity index (χ0n) is 9.25. The molecular formula is C13H11NO3. The van der Waals surface area contributed by atoms with Gasteiger partial charge in [-0.25, -0.2) is 4.79 Å². The standard InChI is InChI=1S/C13H11NO3/c1-17-13(15)12-7-6-9(8-14-16)10-4-2-3-5-11(10)12/h2-8,16H,1H3/b14-8-. The Kier molecular flexibility index (Phi) is 3.05. The lowest BCUT2D eigenvalue weighted by Gasteiger charge is -2.06. The van der Waals surface area contributed by atoms with E-state index in [-0.39, 0.29) is 5.97 Å². The van der Waals surface area contributed by atoms with Crippen molar-refractivity contribution in [3.8, 4) is 0 Å². The summed E-state index contributed by atoms with van der Waals surface area (Å²) in [5, 5.41) is 13.2. The molecule has 0 spiro atoms. The summed E-state index contributed by atoms with van der Waals surface area (Å²) < 4.78 is 4.72. The van der Waals surface area contributed by atoms with Gasteiger partial charge in [-0.1, -0.05) is 35.5 Å². The molecule has 0 fully saturated rings. The summed E-state index contributed by atoms with van der Waals surface area (Å²) in [4.78, 5) is 11.6. The smallest absolute Gasteiger partial charge is 0.338 e. The normalized spacial score (nSPS) is 10.9. The molecule has 0 aliphatic carbocycles. The summed E-state index contributed by atoms with van der Waals surface area (Å²) in [5.41, 5.74) is 1.24. The predicted octanol–water partition coefficient (Wildman–Crippen LogP) is 2.43. The molecule has 0 amide bonds. The van der Waals surface area contributed by atoms with Gasteiger partial charge in [0, 0.05) is 5.56 Å². The second-order valence-corrected chi connectivity index (χ2v) is 3.48. The van der Waals surface area contributed by atoms with E-state index in [2.05, 4.69) is 5.16 Å². The second kappa shape index (κ2) is 4.65. The van der Waals surface area contributed by atoms with Crippen LogP contribution in [0, 0.1) is 0 Å². The van der Waals surface area contributed by atoms with Crippen LogP contribution in [0.3, 0.4) is 0 Å². The molecule has 2 rings (SSSR count). The van der Waals surface area contributed by atoms with E-state index in [1.165, 1.54) is 13.3 Å². The number of fused-ring (bicyclic) bond motifs is 1. The highest BCUT2D eigenvalue weighted by Crippen LogP contribution is 2.22. The quantitative estimate of drug-likeness (QED) is 0.372. The topological polar surface area (TPSA) is 58.9 Å². The lowest BCUT2D eigenvalue weighted by Crippen LogP contribution is -2.02. The zero-order valence-corrected chi connectivity index (χ0v) is 9.25. The van der Waals surface area contributed by atoms with Gasteiger partial charge in [-0.05, 0) is 16.8 Å². The Balaban J connectivity index is 2.75. The molecule has 2 aromatic rings. The van der Waals surface area contributed by atoms with Crippen LogP contribution in [0.5, 0.6) is 0 Å². The minimum Gasteiger partial charge on any atom is -0.465 e. The Morgan fingerprint density at radius 1 is 1.24 bits per heavy atom. The number of hydrogen-bond donors (Lipinski definition) is 1. The average Bonchev–Trinajstić information content (AvgIpc) is 2.38. The molecule has 4 nitrogen and oxygen atoms in total. The summed E-state index contributed by atoms with van der Waals surface area (Å²) >= 11 is 0. The average molecular weight is 229 g/mol. The van der Waals surface area contributed by atoms with Crippen LogP contribution in [-0.4, -0.2) is 24.5 Å². The summed E-state index contributed by atoms with van der Waals surface area (Å²) in [7, 11) is 1.35. The number of carbonyl (C=O) groups is 1. The first-order valence-electron chi connectivity index (χ1n) is 5.05. The third-order valence-corrected chi connectivity index (χ3v) is 2.56. The second-order valence-electron chi connectivity index (χ2n) is 3.48. The van der Waals surface area contributed by atoms with Gasteiger partial charge in [0.2, 0.25) is 0 Å². The van der Waals surface area contributed by atoms with Gasteiger partial charge in [-0.15, -0.1) is 0 Å². The largest absolute Gasteiger partial charge is 0.465 e. The number of rotatable bonds is 2. The fourth-order valence-corrected chi connectivity index (χ4v) is 1.79. The molecule has 2 aromatic carbocycles. The molecule has 4 heteroatoms. The monoisotopic (exact) mass is 229 g/mol. The highest BCUT2D eigenvalue weighted by atomic mass is 16.5. The number of oxime groups is 1. The molecule has 0 aliphatic heterocycles. The molecule has 0 bridgehead atoms. The molecule has 17 heavy (non-hydrogen) atoms. The first-order chi connectivity index (χ1) is 8.27. The summed E-state index contributed by atoms with van der Waals surface area (Å²) in [6.45, 7) is 0. The SMILES string of the molecule is COC(=O)c1ccc(/C=N\O)c2ccccc12. The highest BCUT2D eigenvalue weighted by molar-refractivity contribution is 6.09. The molecule has 0 aliphatic rings. The van der Waals surface area contributed by atoms with Crippen molar-refractivity contribution in [3.63, 3.8) is 0 Å². The van der Waals surface area contributed by atoms with Gasteiger partial charge in [0.05, 0.1) is 18.9 Å². The van der Waals surface area contributed by atoms with Crippen molar-refractivity contribution in [1.29, 1.82) is 0 Å². The van der Waals surface area contributed by atoms with Crippen molar-refractivity contribution in [2.45, 2.75) is 0 Å². The third kappa shape index (κ3) is 1.97. The molecular weight excluding hydrogens is 218 g/mol. The number of ether oxygens (including phenoxy) is 1. The fourth-order valence-electron chi connectivity index (χ4n) is 1.79. The molecule has 0 heterocycles. The predicted molar refractivity (Wildman–Crippen MR) is 64.7 cm³/mol. The number of nitrogens with zero attached hydrogens (tertiary/aromatic N) is 1. The minimum absolute atomic E-state index is 0.381. The van der Waals surface area contributed by atoms with E-state index in [4.69, 9.17) is 9.94 Å². The summed E-state index contributed by atoms with van der Waals surface area (Å²) in [5.74, 6) is -0.381. The van der Waals surface area contributed by atoms with Crippen molar-refractivity contribution in [3.05, 3.63) is 47.5 Å². The Morgan fingerprint density at radius 2 is 1.94 bits per heavy atom. The van der Waals surface area contributed by atoms with Crippen LogP contribution in [0.4, 0.5) is 0 Å². The van der Waals surface area contributed by atoms with Crippen molar-refractivity contribution in [1.82, 2.24) is 0 Å². The van der Waals surface area contributed by atoms with Gasteiger partial charge in [0.15, 0.2) is 0 Å². The van der Waals surface area contributed by atoms with Crippen molar-refractivity contribution in [2.75, 3.05) is 7.11 Å². The van der Waals surface area contributed by atoms with Gasteiger partial charge >= 0.3 is 5.97 Å². The Bertz CT molecular complexity index is 590. The van der Waals surface area contributed by atoms with Crippen LogP contribution < -0.4 is 0 Å². The highest BCUT2D eigenvalue weighted by Gasteiger charge is 2.11. The van der Waals surface area contributed by atoms with Crippen molar-refractivity contribution >= 4 is 23.0 Å². The molecule has 0 atom stereocenters. The number of hydrogen-bond acceptors (Lipinski definition) is 4. The summed E-state index contributed by atoms with van der Waals surface area (Å²) in [6, 6.07) is 10.8. The number of benzene rings is 2. The van der Waals surface area contributed by atoms with Crippen LogP contribution >= 0.6 is 0 Å². The maximum absolute atomic E-state index is 11.6. The van der Waals surface area contributed by atoms with Crippen molar-refractivity contribution < 1.29 is 14.7 Å². The lowest BCUT2D eigenvalue weighted by atomic mass is 10.00. The number of carbonyl (C=O) groups excluding carboxylic acids is 1. The fraction of sp³-hybridized carbons (Fsp3) is 0.0769. The van der Waals surface area contributed by atoms with E-state index < -0.39 is 0 Å². The zero-order chi connectivity index (χ0) is 12.3. The van der Waals surface area contributed by atoms with Gasteiger partial charge in [0.25, 0.3) is 0 Å². The molecule has 0 radical (unpaired) electrons. The maximum Gasteiger partial charge on any atom is 0.338 e. The number of esters is 1. The summed E-state index contributed by atoms with van der Waals surface area (Å²) in [6.07, 6.45) is 1.34. The minimum atomic E-state index is -0.381. The van der Waals surface area contributed by atoms with E-state index in [9.17, 15) is 4.79 Å². The third-order valence-electron chi connectivity index (χ3n) is 2.56. The first-order valence-corrected chi connectivity index (χ1v) is 5.05. The van der Waals surface area contributed by atoms with E-state index >= 15 is 0 Å². The van der Waals surface area contributed by atoms with Crippen LogP contribution in [0.1, 0.15) is 15.9 Å². The van der Waals surface area contributed by atoms with E-state index in [0.717, 1.165) is 16.3 Å². The molecule has 0 saturated heterocycles. The molecule has 1 N–H and O–H groups in total. The van der Waals surface area contributed by atoms with Crippen LogP contribution in [-0.2, 0) is 4.74 Å². The van der Waals surface area contributed by atoms with Crippen LogP contribution in [0.25, 0.3) is 10.8 Å². The van der Waals surface area contributed by atoms with Crippen molar-refractivity contribution in [2.24, 2.45) is 5.16 Å². The lowest BCUT2D eigenvalue weighted by molar-refractivity contribution is 0.0603. The van der Waals surface area contributed by atoms with Gasteiger partial charge in [-0.2, -0.15) is 0 Å². The Hall–Kier alpha value is -2.36. The molecule has 0 unspecified atom stereocenters. The van der Waals surface area contributed by atoms with E-state index in [1.54, 1.807) is 12.1 Å². The van der Waals surface area contributed by atoms with Crippen LogP contribution in [0.15, 0.2) is 41.6 Å². The maximum atomic E-state index is 11.6. The Morgan fingerprint density at radius 3 is 2.59 bits per heavy atom. The van der Waals surface area contributed by atoms with Gasteiger partial charge in [-0.3, -0.25) is 0 Å². The molecule has 0 aromatic heterocycles. The molecule has 0 saturated carbocycles. The molecule has 86 valence electrons. The van der Waals surface area contributed by atoms with Crippen LogP contribution in [0.2, 0.25) is 0 Å². The van der Waals surface area contributed by atoms with E-state index in [1.807, 2.05) is 24.3 Å².